The average Bonchev–Trinajstić information content (AvgIpc) is 3.29. The van der Waals surface area contributed by atoms with Crippen LogP contribution in [-0.4, -0.2) is 27.9 Å². The smallest absolute Gasteiger partial charge is 0.346 e. The molecule has 1 aromatic heterocycles. The molecule has 0 aliphatic heterocycles. The fourth-order valence-corrected chi connectivity index (χ4v) is 4.54. The third kappa shape index (κ3) is 5.86. The Bertz CT molecular complexity index is 1130. The summed E-state index contributed by atoms with van der Waals surface area (Å²) in [4.78, 5) is 39.1. The molecule has 1 amide bonds. The number of hydrogen-bond donors (Lipinski definition) is 2. The quantitative estimate of drug-likeness (QED) is 0.543. The molecule has 3 aromatic rings. The Morgan fingerprint density at radius 1 is 1.12 bits per heavy atom. The van der Waals surface area contributed by atoms with Gasteiger partial charge in [0.25, 0.3) is 0 Å². The minimum atomic E-state index is -0.598. The van der Waals surface area contributed by atoms with E-state index in [1.54, 1.807) is 6.92 Å². The van der Waals surface area contributed by atoms with Crippen molar-refractivity contribution < 1.29 is 14.1 Å². The van der Waals surface area contributed by atoms with E-state index in [1.807, 2.05) is 42.5 Å². The number of ketones is 1. The van der Waals surface area contributed by atoms with Gasteiger partial charge in [0.1, 0.15) is 0 Å². The molecule has 4 rings (SSSR count). The summed E-state index contributed by atoms with van der Waals surface area (Å²) in [5, 5.41) is 6.61. The zero-order valence-corrected chi connectivity index (χ0v) is 18.8. The fourth-order valence-electron chi connectivity index (χ4n) is 4.54. The second-order valence-corrected chi connectivity index (χ2v) is 8.81. The van der Waals surface area contributed by atoms with Crippen LogP contribution in [0.25, 0.3) is 11.4 Å². The summed E-state index contributed by atoms with van der Waals surface area (Å²) < 4.78 is 4.52. The van der Waals surface area contributed by atoms with Crippen LogP contribution in [-0.2, 0) is 16.0 Å². The van der Waals surface area contributed by atoms with Gasteiger partial charge in [0.2, 0.25) is 5.91 Å². The maximum atomic E-state index is 12.8. The first kappa shape index (κ1) is 22.7. The topological polar surface area (TPSA) is 105 Å². The number of rotatable bonds is 8. The van der Waals surface area contributed by atoms with Crippen molar-refractivity contribution in [3.63, 3.8) is 0 Å². The van der Waals surface area contributed by atoms with E-state index < -0.39 is 11.8 Å². The number of nitrogens with one attached hydrogen (secondary N) is 2. The van der Waals surface area contributed by atoms with Gasteiger partial charge >= 0.3 is 5.76 Å². The SMILES string of the molecule is C[C@H](NC(=O)[C@@H]1CCC[C@H](c2ccccc2)C1)C(=O)CCc1ccc(-c2noc(=O)[nH]2)cc1. The zero-order chi connectivity index (χ0) is 23.2. The first-order chi connectivity index (χ1) is 16.0. The lowest BCUT2D eigenvalue weighted by Gasteiger charge is -2.29. The minimum Gasteiger partial charge on any atom is -0.346 e. The van der Waals surface area contributed by atoms with Gasteiger partial charge < -0.3 is 5.32 Å². The van der Waals surface area contributed by atoms with Gasteiger partial charge in [-0.2, -0.15) is 0 Å². The highest BCUT2D eigenvalue weighted by atomic mass is 16.5. The van der Waals surface area contributed by atoms with Crippen molar-refractivity contribution in [3.8, 4) is 11.4 Å². The molecule has 2 N–H and O–H groups in total. The number of aromatic nitrogens is 2. The second kappa shape index (κ2) is 10.4. The molecule has 3 atom stereocenters. The number of aromatic amines is 1. The molecule has 1 saturated carbocycles. The molecule has 1 aliphatic carbocycles. The summed E-state index contributed by atoms with van der Waals surface area (Å²) in [5.41, 5.74) is 3.02. The lowest BCUT2D eigenvalue weighted by molar-refractivity contribution is -0.130. The van der Waals surface area contributed by atoms with Crippen molar-refractivity contribution in [3.05, 3.63) is 76.3 Å². The molecular weight excluding hydrogens is 418 g/mol. The molecule has 0 radical (unpaired) electrons. The van der Waals surface area contributed by atoms with E-state index >= 15 is 0 Å². The van der Waals surface area contributed by atoms with Gasteiger partial charge in [-0.1, -0.05) is 66.2 Å². The van der Waals surface area contributed by atoms with Crippen LogP contribution in [0.15, 0.2) is 63.9 Å². The molecule has 0 saturated heterocycles. The molecule has 0 bridgehead atoms. The van der Waals surface area contributed by atoms with Crippen LogP contribution in [0.2, 0.25) is 0 Å². The molecular formula is C26H29N3O4. The predicted octanol–water partition coefficient (Wildman–Crippen LogP) is 4.01. The normalized spacial score (nSPS) is 19.1. The van der Waals surface area contributed by atoms with Gasteiger partial charge in [0, 0.05) is 17.9 Å². The van der Waals surface area contributed by atoms with E-state index in [4.69, 9.17) is 0 Å². The summed E-state index contributed by atoms with van der Waals surface area (Å²) in [7, 11) is 0. The number of benzene rings is 2. The number of aryl methyl sites for hydroxylation is 1. The number of amides is 1. The number of carbonyl (C=O) groups excluding carboxylic acids is 2. The molecule has 1 fully saturated rings. The number of nitrogens with zero attached hydrogens (tertiary/aromatic N) is 1. The van der Waals surface area contributed by atoms with Gasteiger partial charge in [-0.15, -0.1) is 0 Å². The zero-order valence-electron chi connectivity index (χ0n) is 18.8. The third-order valence-corrected chi connectivity index (χ3v) is 6.49. The van der Waals surface area contributed by atoms with Crippen molar-refractivity contribution in [2.75, 3.05) is 0 Å². The maximum Gasteiger partial charge on any atom is 0.439 e. The van der Waals surface area contributed by atoms with Crippen LogP contribution in [0, 0.1) is 5.92 Å². The van der Waals surface area contributed by atoms with Gasteiger partial charge in [-0.25, -0.2) is 4.79 Å². The fraction of sp³-hybridized carbons (Fsp3) is 0.385. The van der Waals surface area contributed by atoms with Crippen LogP contribution < -0.4 is 11.1 Å². The number of Topliss-reactive ketones (excluding diaryl/α,β-unsaturated/α-hetero) is 1. The Balaban J connectivity index is 1.26. The van der Waals surface area contributed by atoms with Crippen LogP contribution >= 0.6 is 0 Å². The molecule has 172 valence electrons. The van der Waals surface area contributed by atoms with Gasteiger partial charge in [0.15, 0.2) is 11.6 Å². The minimum absolute atomic E-state index is 0.0116. The average molecular weight is 448 g/mol. The van der Waals surface area contributed by atoms with Crippen molar-refractivity contribution in [1.29, 1.82) is 0 Å². The van der Waals surface area contributed by atoms with Crippen molar-refractivity contribution in [2.24, 2.45) is 5.92 Å². The lowest BCUT2D eigenvalue weighted by atomic mass is 9.77. The Morgan fingerprint density at radius 3 is 2.58 bits per heavy atom. The monoisotopic (exact) mass is 447 g/mol. The molecule has 33 heavy (non-hydrogen) atoms. The molecule has 1 heterocycles. The van der Waals surface area contributed by atoms with E-state index in [1.165, 1.54) is 5.56 Å². The van der Waals surface area contributed by atoms with Crippen LogP contribution in [0.3, 0.4) is 0 Å². The summed E-state index contributed by atoms with van der Waals surface area (Å²) >= 11 is 0. The van der Waals surface area contributed by atoms with E-state index in [-0.39, 0.29) is 17.6 Å². The number of carbonyl (C=O) groups is 2. The van der Waals surface area contributed by atoms with Crippen LogP contribution in [0.4, 0.5) is 0 Å². The summed E-state index contributed by atoms with van der Waals surface area (Å²) in [5.74, 6) is 0.135. The highest BCUT2D eigenvalue weighted by Gasteiger charge is 2.29. The van der Waals surface area contributed by atoms with Crippen molar-refractivity contribution in [1.82, 2.24) is 15.5 Å². The molecule has 7 nitrogen and oxygen atoms in total. The largest absolute Gasteiger partial charge is 0.439 e. The third-order valence-electron chi connectivity index (χ3n) is 6.49. The van der Waals surface area contributed by atoms with Gasteiger partial charge in [0.05, 0.1) is 6.04 Å². The molecule has 1 aliphatic rings. The molecule has 2 aromatic carbocycles. The first-order valence-electron chi connectivity index (χ1n) is 11.5. The van der Waals surface area contributed by atoms with Gasteiger partial charge in [-0.3, -0.25) is 19.1 Å². The second-order valence-electron chi connectivity index (χ2n) is 8.81. The number of hydrogen-bond acceptors (Lipinski definition) is 5. The van der Waals surface area contributed by atoms with Crippen molar-refractivity contribution >= 4 is 11.7 Å². The van der Waals surface area contributed by atoms with Crippen LogP contribution in [0.1, 0.15) is 56.1 Å². The Hall–Kier alpha value is -3.48. The molecule has 0 spiro atoms. The van der Waals surface area contributed by atoms with E-state index in [2.05, 4.69) is 32.1 Å². The first-order valence-corrected chi connectivity index (χ1v) is 11.5. The molecule has 0 unspecified atom stereocenters. The standard InChI is InChI=1S/C26H29N3O4/c1-17(27-25(31)22-9-5-8-21(16-22)19-6-3-2-4-7-19)23(30)15-12-18-10-13-20(14-11-18)24-28-26(32)33-29-24/h2-4,6-7,10-11,13-14,17,21-22H,5,8-9,12,15-16H2,1H3,(H,27,31)(H,28,29,32)/t17-,21-,22+/m0/s1. The number of H-pyrrole nitrogens is 1. The van der Waals surface area contributed by atoms with E-state index in [0.29, 0.717) is 24.6 Å². The Kier molecular flexibility index (Phi) is 7.17. The predicted molar refractivity (Wildman–Crippen MR) is 125 cm³/mol. The maximum absolute atomic E-state index is 12.8. The lowest BCUT2D eigenvalue weighted by Crippen LogP contribution is -2.42. The molecule has 7 heteroatoms. The van der Waals surface area contributed by atoms with Crippen molar-refractivity contribution in [2.45, 2.75) is 57.4 Å². The Labute approximate surface area is 192 Å². The highest BCUT2D eigenvalue weighted by Crippen LogP contribution is 2.36. The Morgan fingerprint density at radius 2 is 1.88 bits per heavy atom. The summed E-state index contributed by atoms with van der Waals surface area (Å²) in [6.45, 7) is 1.77. The van der Waals surface area contributed by atoms with E-state index in [9.17, 15) is 14.4 Å². The summed E-state index contributed by atoms with van der Waals surface area (Å²) in [6.07, 6.45) is 4.76. The van der Waals surface area contributed by atoms with Crippen LogP contribution in [0.5, 0.6) is 0 Å². The highest BCUT2D eigenvalue weighted by molar-refractivity contribution is 5.89. The summed E-state index contributed by atoms with van der Waals surface area (Å²) in [6, 6.07) is 17.3. The van der Waals surface area contributed by atoms with Gasteiger partial charge in [-0.05, 0) is 49.7 Å². The van der Waals surface area contributed by atoms with E-state index in [0.717, 1.165) is 36.8 Å².